The molecule has 0 bridgehead atoms. The Balaban J connectivity index is 1.46. The van der Waals surface area contributed by atoms with Gasteiger partial charge in [0.25, 0.3) is 0 Å². The molecule has 0 saturated carbocycles. The maximum absolute atomic E-state index is 13.4. The number of rotatable bonds is 6. The van der Waals surface area contributed by atoms with Crippen LogP contribution in [-0.4, -0.2) is 43.0 Å². The van der Waals surface area contributed by atoms with Crippen molar-refractivity contribution in [2.24, 2.45) is 5.92 Å². The van der Waals surface area contributed by atoms with Crippen LogP contribution in [0.4, 0.5) is 4.39 Å². The van der Waals surface area contributed by atoms with Crippen molar-refractivity contribution in [2.75, 3.05) is 27.3 Å². The van der Waals surface area contributed by atoms with E-state index in [0.29, 0.717) is 30.2 Å². The maximum atomic E-state index is 13.4. The first-order valence-corrected chi connectivity index (χ1v) is 10.1. The third kappa shape index (κ3) is 4.28. The normalized spacial score (nSPS) is 17.1. The topological polar surface area (TPSA) is 51.7 Å². The minimum atomic E-state index is -0.260. The van der Waals surface area contributed by atoms with E-state index >= 15 is 0 Å². The van der Waals surface area contributed by atoms with Crippen LogP contribution in [-0.2, 0) is 6.54 Å². The molecule has 5 nitrogen and oxygen atoms in total. The molecule has 1 aromatic heterocycles. The first-order chi connectivity index (χ1) is 14.6. The van der Waals surface area contributed by atoms with Gasteiger partial charge in [-0.25, -0.2) is 4.39 Å². The summed E-state index contributed by atoms with van der Waals surface area (Å²) in [4.78, 5) is 20.0. The van der Waals surface area contributed by atoms with Gasteiger partial charge in [-0.05, 0) is 61.9 Å². The van der Waals surface area contributed by atoms with Crippen LogP contribution in [0.3, 0.4) is 0 Å². The molecule has 1 atom stereocenters. The fourth-order valence-corrected chi connectivity index (χ4v) is 4.09. The second-order valence-electron chi connectivity index (χ2n) is 7.65. The number of methoxy groups -OCH3 is 2. The third-order valence-corrected chi connectivity index (χ3v) is 5.64. The van der Waals surface area contributed by atoms with E-state index in [1.807, 2.05) is 12.1 Å². The van der Waals surface area contributed by atoms with Gasteiger partial charge in [-0.2, -0.15) is 0 Å². The Labute approximate surface area is 175 Å². The van der Waals surface area contributed by atoms with Gasteiger partial charge in [-0.15, -0.1) is 0 Å². The third-order valence-electron chi connectivity index (χ3n) is 5.64. The van der Waals surface area contributed by atoms with Crippen LogP contribution in [0.25, 0.3) is 10.9 Å². The first kappa shape index (κ1) is 20.3. The number of piperidine rings is 1. The lowest BCUT2D eigenvalue weighted by molar-refractivity contribution is 0.0810. The predicted octanol–water partition coefficient (Wildman–Crippen LogP) is 4.49. The molecular weight excluding hydrogens is 383 g/mol. The predicted molar refractivity (Wildman–Crippen MR) is 114 cm³/mol. The Morgan fingerprint density at radius 1 is 1.10 bits per heavy atom. The summed E-state index contributed by atoms with van der Waals surface area (Å²) in [5, 5.41) is 0.791. The lowest BCUT2D eigenvalue weighted by Crippen LogP contribution is -2.38. The number of ether oxygens (including phenoxy) is 2. The minimum Gasteiger partial charge on any atom is -0.493 e. The van der Waals surface area contributed by atoms with E-state index in [-0.39, 0.29) is 17.5 Å². The molecule has 1 aliphatic heterocycles. The summed E-state index contributed by atoms with van der Waals surface area (Å²) in [6.45, 7) is 2.29. The van der Waals surface area contributed by atoms with Gasteiger partial charge in [0.15, 0.2) is 17.3 Å². The molecule has 1 unspecified atom stereocenters. The van der Waals surface area contributed by atoms with E-state index in [9.17, 15) is 9.18 Å². The molecule has 1 fully saturated rings. The molecule has 156 valence electrons. The summed E-state index contributed by atoms with van der Waals surface area (Å²) in [6, 6.07) is 13.8. The van der Waals surface area contributed by atoms with Crippen LogP contribution in [0.2, 0.25) is 0 Å². The van der Waals surface area contributed by atoms with E-state index < -0.39 is 0 Å². The lowest BCUT2D eigenvalue weighted by Gasteiger charge is -2.31. The average molecular weight is 408 g/mol. The second-order valence-corrected chi connectivity index (χ2v) is 7.65. The highest BCUT2D eigenvalue weighted by molar-refractivity contribution is 5.98. The van der Waals surface area contributed by atoms with Crippen LogP contribution in [0.1, 0.15) is 28.9 Å². The fourth-order valence-electron chi connectivity index (χ4n) is 4.09. The number of Topliss-reactive ketones (excluding diaryl/α,β-unsaturated/α-hetero) is 1. The Morgan fingerprint density at radius 2 is 1.93 bits per heavy atom. The van der Waals surface area contributed by atoms with Crippen molar-refractivity contribution < 1.29 is 18.7 Å². The molecule has 6 heteroatoms. The molecule has 3 aromatic rings. The number of hydrogen-bond acceptors (Lipinski definition) is 5. The number of halogens is 1. The number of likely N-dealkylation sites (tertiary alicyclic amines) is 1. The number of carbonyl (C=O) groups is 1. The zero-order chi connectivity index (χ0) is 21.1. The van der Waals surface area contributed by atoms with Crippen LogP contribution >= 0.6 is 0 Å². The summed E-state index contributed by atoms with van der Waals surface area (Å²) in [7, 11) is 3.15. The zero-order valence-electron chi connectivity index (χ0n) is 17.2. The molecule has 2 aromatic carbocycles. The first-order valence-electron chi connectivity index (χ1n) is 10.1. The van der Waals surface area contributed by atoms with Crippen LogP contribution in [0.15, 0.2) is 48.5 Å². The molecule has 0 aliphatic carbocycles. The van der Waals surface area contributed by atoms with Crippen molar-refractivity contribution in [3.05, 3.63) is 65.6 Å². The summed E-state index contributed by atoms with van der Waals surface area (Å²) >= 11 is 0. The molecule has 1 aliphatic rings. The van der Waals surface area contributed by atoms with Gasteiger partial charge < -0.3 is 9.47 Å². The highest BCUT2D eigenvalue weighted by Gasteiger charge is 2.27. The number of aromatic nitrogens is 1. The van der Waals surface area contributed by atoms with E-state index in [1.54, 1.807) is 38.5 Å². The van der Waals surface area contributed by atoms with Gasteiger partial charge in [-0.3, -0.25) is 14.7 Å². The Bertz CT molecular complexity index is 1070. The van der Waals surface area contributed by atoms with Crippen LogP contribution in [0.5, 0.6) is 11.5 Å². The van der Waals surface area contributed by atoms with E-state index in [4.69, 9.17) is 9.47 Å². The maximum Gasteiger partial charge on any atom is 0.167 e. The van der Waals surface area contributed by atoms with E-state index in [0.717, 1.165) is 36.0 Å². The smallest absolute Gasteiger partial charge is 0.167 e. The quantitative estimate of drug-likeness (QED) is 0.563. The molecule has 2 heterocycles. The van der Waals surface area contributed by atoms with E-state index in [1.165, 1.54) is 12.1 Å². The largest absolute Gasteiger partial charge is 0.493 e. The van der Waals surface area contributed by atoms with Gasteiger partial charge >= 0.3 is 0 Å². The summed E-state index contributed by atoms with van der Waals surface area (Å²) in [5.41, 5.74) is 2.35. The summed E-state index contributed by atoms with van der Waals surface area (Å²) < 4.78 is 24.0. The number of benzene rings is 2. The fraction of sp³-hybridized carbons (Fsp3) is 0.333. The number of hydrogen-bond donors (Lipinski definition) is 0. The monoisotopic (exact) mass is 408 g/mol. The van der Waals surface area contributed by atoms with Gasteiger partial charge in [0.2, 0.25) is 0 Å². The standard InChI is InChI=1S/C24H25FN2O3/c1-29-22-10-6-17(13-23(22)30-2)24(28)18-4-3-11-27(14-18)15-20-8-5-16-12-19(25)7-9-21(16)26-20/h5-10,12-13,18H,3-4,11,14-15H2,1-2H3. The Hall–Kier alpha value is -2.99. The molecule has 30 heavy (non-hydrogen) atoms. The van der Waals surface area contributed by atoms with Gasteiger partial charge in [-0.1, -0.05) is 6.07 Å². The Kier molecular flexibility index (Phi) is 5.95. The van der Waals surface area contributed by atoms with Crippen molar-refractivity contribution in [1.29, 1.82) is 0 Å². The zero-order valence-corrected chi connectivity index (χ0v) is 17.2. The second kappa shape index (κ2) is 8.79. The minimum absolute atomic E-state index is 0.0635. The number of pyridine rings is 1. The number of nitrogens with zero attached hydrogens (tertiary/aromatic N) is 2. The lowest BCUT2D eigenvalue weighted by atomic mass is 9.89. The molecule has 0 amide bonds. The Morgan fingerprint density at radius 3 is 2.73 bits per heavy atom. The molecule has 0 radical (unpaired) electrons. The highest BCUT2D eigenvalue weighted by atomic mass is 19.1. The van der Waals surface area contributed by atoms with Crippen molar-refractivity contribution in [1.82, 2.24) is 9.88 Å². The van der Waals surface area contributed by atoms with E-state index in [2.05, 4.69) is 9.88 Å². The SMILES string of the molecule is COc1ccc(C(=O)C2CCCN(Cc3ccc4cc(F)ccc4n3)C2)cc1OC. The molecule has 0 spiro atoms. The van der Waals surface area contributed by atoms with Crippen molar-refractivity contribution >= 4 is 16.7 Å². The van der Waals surface area contributed by atoms with Gasteiger partial charge in [0.05, 0.1) is 25.4 Å². The van der Waals surface area contributed by atoms with Crippen LogP contribution < -0.4 is 9.47 Å². The summed E-state index contributed by atoms with van der Waals surface area (Å²) in [6.07, 6.45) is 1.83. The summed E-state index contributed by atoms with van der Waals surface area (Å²) in [5.74, 6) is 0.980. The highest BCUT2D eigenvalue weighted by Crippen LogP contribution is 2.30. The average Bonchev–Trinajstić information content (AvgIpc) is 2.78. The van der Waals surface area contributed by atoms with Crippen molar-refractivity contribution in [3.8, 4) is 11.5 Å². The van der Waals surface area contributed by atoms with Gasteiger partial charge in [0.1, 0.15) is 5.82 Å². The van der Waals surface area contributed by atoms with Gasteiger partial charge in [0, 0.05) is 30.0 Å². The van der Waals surface area contributed by atoms with Crippen LogP contribution in [0, 0.1) is 11.7 Å². The molecule has 1 saturated heterocycles. The number of ketones is 1. The number of carbonyl (C=O) groups excluding carboxylic acids is 1. The molecular formula is C24H25FN2O3. The molecule has 4 rings (SSSR count). The number of fused-ring (bicyclic) bond motifs is 1. The molecule has 0 N–H and O–H groups in total. The van der Waals surface area contributed by atoms with Crippen molar-refractivity contribution in [2.45, 2.75) is 19.4 Å². The van der Waals surface area contributed by atoms with Crippen molar-refractivity contribution in [3.63, 3.8) is 0 Å².